The number of aromatic nitrogens is 2. The number of aryl methyl sites for hydroxylation is 2. The average Bonchev–Trinajstić information content (AvgIpc) is 3.17. The number of H-pyrrole nitrogens is 1. The van der Waals surface area contributed by atoms with Crippen molar-refractivity contribution in [1.82, 2.24) is 15.5 Å². The van der Waals surface area contributed by atoms with Crippen molar-refractivity contribution in [3.63, 3.8) is 0 Å². The average molecular weight is 365 g/mol. The second-order valence-corrected chi connectivity index (χ2v) is 6.24. The first kappa shape index (κ1) is 18.5. The molecule has 0 aliphatic rings. The van der Waals surface area contributed by atoms with Gasteiger partial charge in [0.15, 0.2) is 11.5 Å². The maximum atomic E-state index is 12.3. The molecule has 0 aliphatic carbocycles. The molecule has 0 bridgehead atoms. The van der Waals surface area contributed by atoms with Crippen molar-refractivity contribution in [2.75, 3.05) is 20.3 Å². The number of ether oxygens (including phenoxy) is 2. The highest BCUT2D eigenvalue weighted by Crippen LogP contribution is 2.25. The van der Waals surface area contributed by atoms with Gasteiger partial charge >= 0.3 is 0 Å². The van der Waals surface area contributed by atoms with Crippen LogP contribution in [0.5, 0.6) is 11.5 Å². The van der Waals surface area contributed by atoms with Crippen molar-refractivity contribution < 1.29 is 14.3 Å². The van der Waals surface area contributed by atoms with Gasteiger partial charge in [0.25, 0.3) is 5.91 Å². The van der Waals surface area contributed by atoms with Crippen molar-refractivity contribution in [1.29, 1.82) is 0 Å². The van der Waals surface area contributed by atoms with Crippen LogP contribution in [0.2, 0.25) is 0 Å². The van der Waals surface area contributed by atoms with E-state index in [4.69, 9.17) is 9.47 Å². The first-order valence-electron chi connectivity index (χ1n) is 8.75. The molecule has 0 saturated heterocycles. The normalized spacial score (nSPS) is 10.5. The Morgan fingerprint density at radius 1 is 1.11 bits per heavy atom. The minimum absolute atomic E-state index is 0.220. The number of nitrogens with one attached hydrogen (secondary N) is 2. The van der Waals surface area contributed by atoms with Crippen LogP contribution in [-0.4, -0.2) is 36.4 Å². The molecule has 140 valence electrons. The van der Waals surface area contributed by atoms with E-state index in [1.54, 1.807) is 13.2 Å². The summed E-state index contributed by atoms with van der Waals surface area (Å²) in [6.45, 7) is 4.77. The molecule has 27 heavy (non-hydrogen) atoms. The lowest BCUT2D eigenvalue weighted by Crippen LogP contribution is -2.28. The number of hydrogen-bond donors (Lipinski definition) is 2. The van der Waals surface area contributed by atoms with Crippen LogP contribution >= 0.6 is 0 Å². The van der Waals surface area contributed by atoms with Gasteiger partial charge in [0.05, 0.1) is 19.3 Å². The standard InChI is InChI=1S/C21H23N3O3/c1-14-8-9-15(2)16(12-14)17-13-18(24-23-17)21(25)22-10-11-27-20-7-5-4-6-19(20)26-3/h4-9,12-13H,10-11H2,1-3H3,(H,22,25)(H,23,24). The molecular formula is C21H23N3O3. The van der Waals surface area contributed by atoms with Crippen LogP contribution in [0.25, 0.3) is 11.3 Å². The van der Waals surface area contributed by atoms with Crippen molar-refractivity contribution in [2.24, 2.45) is 0 Å². The molecule has 0 unspecified atom stereocenters. The molecule has 3 rings (SSSR count). The zero-order valence-electron chi connectivity index (χ0n) is 15.7. The van der Waals surface area contributed by atoms with Crippen LogP contribution in [0.3, 0.4) is 0 Å². The minimum atomic E-state index is -0.220. The van der Waals surface area contributed by atoms with E-state index >= 15 is 0 Å². The molecule has 1 amide bonds. The van der Waals surface area contributed by atoms with E-state index in [0.29, 0.717) is 30.3 Å². The molecule has 0 aliphatic heterocycles. The summed E-state index contributed by atoms with van der Waals surface area (Å²) in [4.78, 5) is 12.3. The fraction of sp³-hybridized carbons (Fsp3) is 0.238. The number of hydrogen-bond acceptors (Lipinski definition) is 4. The Bertz CT molecular complexity index is 934. The number of aromatic amines is 1. The number of amides is 1. The zero-order chi connectivity index (χ0) is 19.2. The van der Waals surface area contributed by atoms with E-state index in [-0.39, 0.29) is 5.91 Å². The Hall–Kier alpha value is -3.28. The zero-order valence-corrected chi connectivity index (χ0v) is 15.7. The largest absolute Gasteiger partial charge is 0.493 e. The van der Waals surface area contributed by atoms with Gasteiger partial charge in [-0.3, -0.25) is 9.89 Å². The second-order valence-electron chi connectivity index (χ2n) is 6.24. The molecule has 0 spiro atoms. The van der Waals surface area contributed by atoms with Crippen LogP contribution in [-0.2, 0) is 0 Å². The summed E-state index contributed by atoms with van der Waals surface area (Å²) in [6.07, 6.45) is 0. The third kappa shape index (κ3) is 4.47. The molecule has 0 fully saturated rings. The minimum Gasteiger partial charge on any atom is -0.493 e. The lowest BCUT2D eigenvalue weighted by Gasteiger charge is -2.10. The number of methoxy groups -OCH3 is 1. The van der Waals surface area contributed by atoms with E-state index in [0.717, 1.165) is 22.4 Å². The summed E-state index contributed by atoms with van der Waals surface area (Å²) < 4.78 is 10.9. The lowest BCUT2D eigenvalue weighted by molar-refractivity contribution is 0.0942. The van der Waals surface area contributed by atoms with Crippen molar-refractivity contribution >= 4 is 5.91 Å². The summed E-state index contributed by atoms with van der Waals surface area (Å²) in [5.41, 5.74) is 4.46. The Balaban J connectivity index is 1.56. The Morgan fingerprint density at radius 2 is 1.89 bits per heavy atom. The highest BCUT2D eigenvalue weighted by molar-refractivity contribution is 5.93. The predicted octanol–water partition coefficient (Wildman–Crippen LogP) is 3.51. The van der Waals surface area contributed by atoms with Crippen LogP contribution in [0.4, 0.5) is 0 Å². The molecule has 0 saturated carbocycles. The van der Waals surface area contributed by atoms with Crippen molar-refractivity contribution in [3.05, 3.63) is 65.4 Å². The molecule has 1 aromatic heterocycles. The SMILES string of the molecule is COc1ccccc1OCCNC(=O)c1cc(-c2cc(C)ccc2C)n[nH]1. The van der Waals surface area contributed by atoms with Gasteiger partial charge in [-0.25, -0.2) is 0 Å². The number of rotatable bonds is 7. The van der Waals surface area contributed by atoms with E-state index in [9.17, 15) is 4.79 Å². The fourth-order valence-corrected chi connectivity index (χ4v) is 2.75. The monoisotopic (exact) mass is 365 g/mol. The van der Waals surface area contributed by atoms with E-state index in [2.05, 4.69) is 27.6 Å². The van der Waals surface area contributed by atoms with Gasteiger partial charge in [0.2, 0.25) is 0 Å². The number of carbonyl (C=O) groups is 1. The number of carbonyl (C=O) groups excluding carboxylic acids is 1. The van der Waals surface area contributed by atoms with Gasteiger partial charge in [-0.1, -0.05) is 29.8 Å². The van der Waals surface area contributed by atoms with E-state index in [1.807, 2.05) is 44.2 Å². The topological polar surface area (TPSA) is 76.2 Å². The molecule has 0 radical (unpaired) electrons. The van der Waals surface area contributed by atoms with Gasteiger partial charge in [0.1, 0.15) is 12.3 Å². The molecule has 2 aromatic carbocycles. The third-order valence-corrected chi connectivity index (χ3v) is 4.21. The Morgan fingerprint density at radius 3 is 2.67 bits per heavy atom. The summed E-state index contributed by atoms with van der Waals surface area (Å²) in [5, 5.41) is 9.90. The molecule has 3 aromatic rings. The van der Waals surface area contributed by atoms with Gasteiger partial charge in [-0.2, -0.15) is 5.10 Å². The summed E-state index contributed by atoms with van der Waals surface area (Å²) in [6, 6.07) is 15.3. The maximum absolute atomic E-state index is 12.3. The van der Waals surface area contributed by atoms with E-state index < -0.39 is 0 Å². The number of nitrogens with zero attached hydrogens (tertiary/aromatic N) is 1. The molecule has 2 N–H and O–H groups in total. The Kier molecular flexibility index (Phi) is 5.76. The second kappa shape index (κ2) is 8.40. The molecule has 1 heterocycles. The quantitative estimate of drug-likeness (QED) is 0.628. The molecule has 6 heteroatoms. The van der Waals surface area contributed by atoms with E-state index in [1.165, 1.54) is 0 Å². The maximum Gasteiger partial charge on any atom is 0.269 e. The van der Waals surface area contributed by atoms with Gasteiger partial charge in [-0.15, -0.1) is 0 Å². The van der Waals surface area contributed by atoms with Gasteiger partial charge in [0, 0.05) is 5.56 Å². The van der Waals surface area contributed by atoms with Gasteiger partial charge in [-0.05, 0) is 43.7 Å². The predicted molar refractivity (Wildman–Crippen MR) is 104 cm³/mol. The highest BCUT2D eigenvalue weighted by atomic mass is 16.5. The first-order valence-corrected chi connectivity index (χ1v) is 8.75. The van der Waals surface area contributed by atoms with Gasteiger partial charge < -0.3 is 14.8 Å². The summed E-state index contributed by atoms with van der Waals surface area (Å²) in [7, 11) is 1.59. The summed E-state index contributed by atoms with van der Waals surface area (Å²) >= 11 is 0. The molecule has 6 nitrogen and oxygen atoms in total. The van der Waals surface area contributed by atoms with Crippen LogP contribution in [0, 0.1) is 13.8 Å². The smallest absolute Gasteiger partial charge is 0.269 e. The van der Waals surface area contributed by atoms with Crippen LogP contribution < -0.4 is 14.8 Å². The molecule has 0 atom stereocenters. The first-order chi connectivity index (χ1) is 13.1. The lowest BCUT2D eigenvalue weighted by atomic mass is 10.0. The molecular weight excluding hydrogens is 342 g/mol. The number of benzene rings is 2. The van der Waals surface area contributed by atoms with Crippen LogP contribution in [0.15, 0.2) is 48.5 Å². The fourth-order valence-electron chi connectivity index (χ4n) is 2.75. The number of para-hydroxylation sites is 2. The highest BCUT2D eigenvalue weighted by Gasteiger charge is 2.12. The Labute approximate surface area is 158 Å². The summed E-state index contributed by atoms with van der Waals surface area (Å²) in [5.74, 6) is 1.09. The van der Waals surface area contributed by atoms with Crippen molar-refractivity contribution in [3.8, 4) is 22.8 Å². The van der Waals surface area contributed by atoms with Crippen molar-refractivity contribution in [2.45, 2.75) is 13.8 Å². The van der Waals surface area contributed by atoms with Crippen LogP contribution in [0.1, 0.15) is 21.6 Å². The third-order valence-electron chi connectivity index (χ3n) is 4.21.